The molecule has 0 fully saturated rings. The average molecular weight is 468 g/mol. The highest BCUT2D eigenvalue weighted by Crippen LogP contribution is 2.31. The maximum atomic E-state index is 12.6. The summed E-state index contributed by atoms with van der Waals surface area (Å²) in [5.41, 5.74) is 2.89. The number of nitrogens with two attached hydrogens (primary N) is 1. The lowest BCUT2D eigenvalue weighted by Crippen LogP contribution is -2.31. The first-order valence-corrected chi connectivity index (χ1v) is 10.9. The van der Waals surface area contributed by atoms with Crippen molar-refractivity contribution in [3.8, 4) is 11.5 Å². The molecule has 0 saturated heterocycles. The van der Waals surface area contributed by atoms with Crippen LogP contribution in [0.25, 0.3) is 0 Å². The lowest BCUT2D eigenvalue weighted by molar-refractivity contribution is 0.102. The molecule has 0 aliphatic carbocycles. The smallest absolute Gasteiger partial charge is 0.173 e. The van der Waals surface area contributed by atoms with Gasteiger partial charge in [0.15, 0.2) is 23.1 Å². The van der Waals surface area contributed by atoms with E-state index in [1.807, 2.05) is 43.3 Å². The number of aromatic hydroxyl groups is 2. The summed E-state index contributed by atoms with van der Waals surface area (Å²) in [6, 6.07) is 18.8. The van der Waals surface area contributed by atoms with Gasteiger partial charge in [0, 0.05) is 21.8 Å². The van der Waals surface area contributed by atoms with Crippen molar-refractivity contribution in [3.05, 3.63) is 100 Å². The molecule has 0 atom stereocenters. The third-order valence-electron chi connectivity index (χ3n) is 4.65. The summed E-state index contributed by atoms with van der Waals surface area (Å²) in [5.74, 6) is 5.43. The van der Waals surface area contributed by atoms with Crippen LogP contribution >= 0.6 is 23.4 Å². The Morgan fingerprint density at radius 1 is 1.03 bits per heavy atom. The summed E-state index contributed by atoms with van der Waals surface area (Å²) in [6.45, 7) is 6.13. The molecule has 0 radical (unpaired) electrons. The molecule has 3 rings (SSSR count). The minimum absolute atomic E-state index is 0.0545. The third kappa shape index (κ3) is 5.43. The van der Waals surface area contributed by atoms with Gasteiger partial charge in [-0.3, -0.25) is 9.69 Å². The second-order valence-electron chi connectivity index (χ2n) is 6.94. The van der Waals surface area contributed by atoms with Gasteiger partial charge in [0.2, 0.25) is 0 Å². The van der Waals surface area contributed by atoms with E-state index in [2.05, 4.69) is 11.7 Å². The SMILES string of the molecule is C=C(SCC(=O)c1ccc(O)c(O)c1)N(/C(=N\N)c1ccc(C)cc1)c1ccc(Cl)cc1. The predicted molar refractivity (Wildman–Crippen MR) is 132 cm³/mol. The molecule has 3 aromatic carbocycles. The van der Waals surface area contributed by atoms with Crippen molar-refractivity contribution in [1.29, 1.82) is 0 Å². The van der Waals surface area contributed by atoms with Gasteiger partial charge in [-0.2, -0.15) is 5.10 Å². The monoisotopic (exact) mass is 467 g/mol. The van der Waals surface area contributed by atoms with Crippen molar-refractivity contribution < 1.29 is 15.0 Å². The molecule has 0 aromatic heterocycles. The minimum atomic E-state index is -0.348. The standard InChI is InChI=1S/C24H22ClN3O3S/c1-15-3-5-17(6-4-15)24(27-26)28(20-10-8-19(25)9-11-20)16(2)32-14-23(31)18-7-12-21(29)22(30)13-18/h3-13,29-30H,2,14,26H2,1H3/b27-24-. The van der Waals surface area contributed by atoms with Gasteiger partial charge in [0.1, 0.15) is 0 Å². The van der Waals surface area contributed by atoms with Crippen LogP contribution in [0.1, 0.15) is 21.5 Å². The van der Waals surface area contributed by atoms with Crippen molar-refractivity contribution in [3.63, 3.8) is 0 Å². The van der Waals surface area contributed by atoms with Crippen LogP contribution in [0.3, 0.4) is 0 Å². The van der Waals surface area contributed by atoms with E-state index < -0.39 is 0 Å². The summed E-state index contributed by atoms with van der Waals surface area (Å²) in [7, 11) is 0. The van der Waals surface area contributed by atoms with E-state index in [9.17, 15) is 15.0 Å². The number of halogens is 1. The number of hydrogen-bond donors (Lipinski definition) is 3. The van der Waals surface area contributed by atoms with E-state index in [4.69, 9.17) is 17.4 Å². The molecule has 0 aliphatic rings. The number of ketones is 1. The Balaban J connectivity index is 1.87. The summed E-state index contributed by atoms with van der Waals surface area (Å²) >= 11 is 7.26. The fraction of sp³-hybridized carbons (Fsp3) is 0.0833. The van der Waals surface area contributed by atoms with E-state index in [1.165, 1.54) is 30.0 Å². The Hall–Kier alpha value is -3.42. The van der Waals surface area contributed by atoms with Crippen LogP contribution in [0, 0.1) is 6.92 Å². The molecule has 0 aliphatic heterocycles. The maximum Gasteiger partial charge on any atom is 0.173 e. The van der Waals surface area contributed by atoms with Crippen LogP contribution < -0.4 is 10.7 Å². The molecule has 0 bridgehead atoms. The molecule has 0 amide bonds. The van der Waals surface area contributed by atoms with E-state index in [-0.39, 0.29) is 28.6 Å². The normalized spacial score (nSPS) is 11.2. The molecule has 0 heterocycles. The number of amidine groups is 1. The fourth-order valence-corrected chi connectivity index (χ4v) is 3.84. The molecular weight excluding hydrogens is 446 g/mol. The molecule has 8 heteroatoms. The van der Waals surface area contributed by atoms with Crippen LogP contribution in [0.2, 0.25) is 5.02 Å². The van der Waals surface area contributed by atoms with Crippen LogP contribution in [0.15, 0.2) is 83.4 Å². The number of hydrogen-bond acceptors (Lipinski definition) is 6. The molecular formula is C24H22ClN3O3S. The Bertz CT molecular complexity index is 1160. The molecule has 4 N–H and O–H groups in total. The average Bonchev–Trinajstić information content (AvgIpc) is 2.79. The number of Topliss-reactive ketones (excluding diaryl/α,β-unsaturated/α-hetero) is 1. The van der Waals surface area contributed by atoms with Crippen LogP contribution in [-0.4, -0.2) is 27.6 Å². The fourth-order valence-electron chi connectivity index (χ4n) is 2.93. The molecule has 32 heavy (non-hydrogen) atoms. The topological polar surface area (TPSA) is 99.1 Å². The Kier molecular flexibility index (Phi) is 7.45. The molecule has 164 valence electrons. The maximum absolute atomic E-state index is 12.6. The number of phenols is 2. The first kappa shape index (κ1) is 23.2. The zero-order valence-electron chi connectivity index (χ0n) is 17.3. The number of rotatable bonds is 7. The van der Waals surface area contributed by atoms with Gasteiger partial charge < -0.3 is 16.1 Å². The van der Waals surface area contributed by atoms with Crippen molar-refractivity contribution >= 4 is 40.7 Å². The van der Waals surface area contributed by atoms with Gasteiger partial charge in [-0.05, 0) is 49.4 Å². The number of phenolic OH excluding ortho intramolecular Hbond substituents is 2. The van der Waals surface area contributed by atoms with E-state index in [0.29, 0.717) is 15.9 Å². The van der Waals surface area contributed by atoms with E-state index >= 15 is 0 Å². The van der Waals surface area contributed by atoms with Gasteiger partial charge in [0.25, 0.3) is 0 Å². The number of hydrazone groups is 1. The minimum Gasteiger partial charge on any atom is -0.504 e. The first-order chi connectivity index (χ1) is 15.3. The van der Waals surface area contributed by atoms with Crippen LogP contribution in [0.4, 0.5) is 5.69 Å². The number of carbonyl (C=O) groups is 1. The van der Waals surface area contributed by atoms with Gasteiger partial charge in [-0.1, -0.05) is 48.0 Å². The summed E-state index contributed by atoms with van der Waals surface area (Å²) in [6.07, 6.45) is 0. The Morgan fingerprint density at radius 2 is 1.66 bits per heavy atom. The molecule has 6 nitrogen and oxygen atoms in total. The highest BCUT2D eigenvalue weighted by molar-refractivity contribution is 8.03. The molecule has 0 spiro atoms. The van der Waals surface area contributed by atoms with Crippen molar-refractivity contribution in [2.45, 2.75) is 6.92 Å². The first-order valence-electron chi connectivity index (χ1n) is 9.57. The number of carbonyl (C=O) groups excluding carboxylic acids is 1. The largest absolute Gasteiger partial charge is 0.504 e. The summed E-state index contributed by atoms with van der Waals surface area (Å²) in [5, 5.41) is 24.2. The zero-order valence-corrected chi connectivity index (χ0v) is 18.9. The van der Waals surface area contributed by atoms with E-state index in [0.717, 1.165) is 16.8 Å². The number of nitrogens with zero attached hydrogens (tertiary/aromatic N) is 2. The lowest BCUT2D eigenvalue weighted by Gasteiger charge is -2.27. The van der Waals surface area contributed by atoms with Crippen LogP contribution in [0.5, 0.6) is 11.5 Å². The quantitative estimate of drug-likeness (QED) is 0.109. The van der Waals surface area contributed by atoms with Gasteiger partial charge in [-0.25, -0.2) is 0 Å². The molecule has 0 unspecified atom stereocenters. The second kappa shape index (κ2) is 10.3. The highest BCUT2D eigenvalue weighted by Gasteiger charge is 2.21. The lowest BCUT2D eigenvalue weighted by atomic mass is 10.1. The summed E-state index contributed by atoms with van der Waals surface area (Å²) in [4.78, 5) is 14.4. The summed E-state index contributed by atoms with van der Waals surface area (Å²) < 4.78 is 0. The predicted octanol–water partition coefficient (Wildman–Crippen LogP) is 5.27. The van der Waals surface area contributed by atoms with Crippen molar-refractivity contribution in [1.82, 2.24) is 0 Å². The molecule has 3 aromatic rings. The Labute approximate surface area is 195 Å². The van der Waals surface area contributed by atoms with Crippen LogP contribution in [-0.2, 0) is 0 Å². The third-order valence-corrected chi connectivity index (χ3v) is 5.82. The number of anilines is 1. The highest BCUT2D eigenvalue weighted by atomic mass is 35.5. The number of thioether (sulfide) groups is 1. The van der Waals surface area contributed by atoms with Gasteiger partial charge in [-0.15, -0.1) is 11.8 Å². The number of aryl methyl sites for hydroxylation is 1. The van der Waals surface area contributed by atoms with Crippen molar-refractivity contribution in [2.24, 2.45) is 10.9 Å². The number of benzene rings is 3. The van der Waals surface area contributed by atoms with Gasteiger partial charge >= 0.3 is 0 Å². The second-order valence-corrected chi connectivity index (χ2v) is 8.42. The van der Waals surface area contributed by atoms with E-state index in [1.54, 1.807) is 17.0 Å². The zero-order chi connectivity index (χ0) is 23.3. The van der Waals surface area contributed by atoms with Crippen molar-refractivity contribution in [2.75, 3.05) is 10.7 Å². The Morgan fingerprint density at radius 3 is 2.25 bits per heavy atom. The van der Waals surface area contributed by atoms with Gasteiger partial charge in [0.05, 0.1) is 10.8 Å². The molecule has 0 saturated carbocycles.